The van der Waals surface area contributed by atoms with Crippen molar-refractivity contribution in [3.05, 3.63) is 35.9 Å². The second-order valence-electron chi connectivity index (χ2n) is 2.49. The van der Waals surface area contributed by atoms with Gasteiger partial charge in [-0.25, -0.2) is 0 Å². The summed E-state index contributed by atoms with van der Waals surface area (Å²) in [5.74, 6) is 0. The lowest BCUT2D eigenvalue weighted by Crippen LogP contribution is -2.23. The van der Waals surface area contributed by atoms with Gasteiger partial charge in [0.25, 0.3) is 0 Å². The first kappa shape index (κ1) is 7.95. The summed E-state index contributed by atoms with van der Waals surface area (Å²) in [6, 6.07) is 9.37. The maximum Gasteiger partial charge on any atom is 0.137 e. The summed E-state index contributed by atoms with van der Waals surface area (Å²) in [4.78, 5) is 10.2. The van der Waals surface area contributed by atoms with Gasteiger partial charge in [0.05, 0.1) is 6.04 Å². The highest BCUT2D eigenvalue weighted by Gasteiger charge is 1.99. The van der Waals surface area contributed by atoms with Gasteiger partial charge in [0.15, 0.2) is 0 Å². The highest BCUT2D eigenvalue weighted by molar-refractivity contribution is 5.57. The SMILES string of the molecule is N[C@@H](C=O)Cc1ccccc1. The molecule has 0 heterocycles. The second kappa shape index (κ2) is 3.88. The Morgan fingerprint density at radius 1 is 1.36 bits per heavy atom. The molecule has 0 aliphatic heterocycles. The molecule has 0 aliphatic rings. The predicted octanol–water partition coefficient (Wildman–Crippen LogP) is 0.755. The number of benzene rings is 1. The zero-order valence-corrected chi connectivity index (χ0v) is 6.23. The Hall–Kier alpha value is -1.15. The number of carbonyl (C=O) groups is 1. The molecule has 0 radical (unpaired) electrons. The predicted molar refractivity (Wildman–Crippen MR) is 44.2 cm³/mol. The van der Waals surface area contributed by atoms with Crippen LogP contribution in [0, 0.1) is 0 Å². The summed E-state index contributed by atoms with van der Waals surface area (Å²) < 4.78 is 0. The third-order valence-corrected chi connectivity index (χ3v) is 1.49. The topological polar surface area (TPSA) is 43.1 Å². The number of nitrogens with two attached hydrogens (primary N) is 1. The quantitative estimate of drug-likeness (QED) is 0.644. The van der Waals surface area contributed by atoms with E-state index in [0.29, 0.717) is 6.42 Å². The van der Waals surface area contributed by atoms with E-state index in [4.69, 9.17) is 5.73 Å². The molecule has 0 aliphatic carbocycles. The van der Waals surface area contributed by atoms with Crippen molar-refractivity contribution in [2.45, 2.75) is 12.5 Å². The molecule has 0 aromatic heterocycles. The van der Waals surface area contributed by atoms with E-state index >= 15 is 0 Å². The van der Waals surface area contributed by atoms with Crippen molar-refractivity contribution in [1.82, 2.24) is 0 Å². The lowest BCUT2D eigenvalue weighted by Gasteiger charge is -2.02. The van der Waals surface area contributed by atoms with E-state index in [-0.39, 0.29) is 6.04 Å². The molecule has 0 fully saturated rings. The Morgan fingerprint density at radius 2 is 2.00 bits per heavy atom. The highest BCUT2D eigenvalue weighted by Crippen LogP contribution is 1.99. The minimum atomic E-state index is -0.364. The van der Waals surface area contributed by atoms with E-state index < -0.39 is 0 Å². The van der Waals surface area contributed by atoms with Crippen molar-refractivity contribution < 1.29 is 4.79 Å². The highest BCUT2D eigenvalue weighted by atomic mass is 16.1. The summed E-state index contributed by atoms with van der Waals surface area (Å²) in [7, 11) is 0. The molecule has 0 bridgehead atoms. The van der Waals surface area contributed by atoms with Gasteiger partial charge < -0.3 is 10.5 Å². The Kier molecular flexibility index (Phi) is 2.81. The first-order valence-electron chi connectivity index (χ1n) is 3.57. The molecule has 1 atom stereocenters. The first-order chi connectivity index (χ1) is 5.33. The second-order valence-corrected chi connectivity index (χ2v) is 2.49. The van der Waals surface area contributed by atoms with Gasteiger partial charge >= 0.3 is 0 Å². The minimum absolute atomic E-state index is 0.364. The molecule has 2 N–H and O–H groups in total. The zero-order valence-electron chi connectivity index (χ0n) is 6.23. The lowest BCUT2D eigenvalue weighted by atomic mass is 10.1. The maximum absolute atomic E-state index is 10.2. The molecule has 0 saturated carbocycles. The van der Waals surface area contributed by atoms with Gasteiger partial charge in [-0.2, -0.15) is 0 Å². The lowest BCUT2D eigenvalue weighted by molar-refractivity contribution is -0.108. The monoisotopic (exact) mass is 149 g/mol. The van der Waals surface area contributed by atoms with Crippen molar-refractivity contribution in [3.8, 4) is 0 Å². The molecule has 0 saturated heterocycles. The van der Waals surface area contributed by atoms with E-state index in [9.17, 15) is 4.79 Å². The fourth-order valence-corrected chi connectivity index (χ4v) is 0.934. The normalized spacial score (nSPS) is 12.5. The summed E-state index contributed by atoms with van der Waals surface area (Å²) in [6.07, 6.45) is 1.40. The molecule has 58 valence electrons. The summed E-state index contributed by atoms with van der Waals surface area (Å²) in [5.41, 5.74) is 6.54. The third-order valence-electron chi connectivity index (χ3n) is 1.49. The smallest absolute Gasteiger partial charge is 0.137 e. The Labute approximate surface area is 66.0 Å². The van der Waals surface area contributed by atoms with E-state index in [1.165, 1.54) is 0 Å². The third kappa shape index (κ3) is 2.51. The van der Waals surface area contributed by atoms with Gasteiger partial charge in [0.1, 0.15) is 6.29 Å². The summed E-state index contributed by atoms with van der Waals surface area (Å²) in [5, 5.41) is 0. The number of hydrogen-bond donors (Lipinski definition) is 1. The minimum Gasteiger partial charge on any atom is -0.321 e. The average molecular weight is 149 g/mol. The molecule has 0 spiro atoms. The van der Waals surface area contributed by atoms with E-state index in [0.717, 1.165) is 11.8 Å². The van der Waals surface area contributed by atoms with Crippen LogP contribution in [0.1, 0.15) is 5.56 Å². The Morgan fingerprint density at radius 3 is 2.55 bits per heavy atom. The molecule has 2 nitrogen and oxygen atoms in total. The van der Waals surface area contributed by atoms with Crippen LogP contribution in [-0.4, -0.2) is 12.3 Å². The van der Waals surface area contributed by atoms with Crippen molar-refractivity contribution in [3.63, 3.8) is 0 Å². The van der Waals surface area contributed by atoms with E-state index in [2.05, 4.69) is 0 Å². The number of aldehydes is 1. The fraction of sp³-hybridized carbons (Fsp3) is 0.222. The van der Waals surface area contributed by atoms with Gasteiger partial charge in [-0.1, -0.05) is 30.3 Å². The summed E-state index contributed by atoms with van der Waals surface area (Å²) >= 11 is 0. The molecule has 1 aromatic rings. The van der Waals surface area contributed by atoms with Gasteiger partial charge in [-0.15, -0.1) is 0 Å². The van der Waals surface area contributed by atoms with Gasteiger partial charge in [-0.3, -0.25) is 0 Å². The van der Waals surface area contributed by atoms with E-state index in [1.807, 2.05) is 30.3 Å². The summed E-state index contributed by atoms with van der Waals surface area (Å²) in [6.45, 7) is 0. The fourth-order valence-electron chi connectivity index (χ4n) is 0.934. The maximum atomic E-state index is 10.2. The van der Waals surface area contributed by atoms with Crippen molar-refractivity contribution >= 4 is 6.29 Å². The Bertz CT molecular complexity index is 220. The van der Waals surface area contributed by atoms with Crippen LogP contribution in [0.5, 0.6) is 0 Å². The number of rotatable bonds is 3. The van der Waals surface area contributed by atoms with E-state index in [1.54, 1.807) is 0 Å². The first-order valence-corrected chi connectivity index (χ1v) is 3.57. The molecule has 0 amide bonds. The molecule has 0 unspecified atom stereocenters. The van der Waals surface area contributed by atoms with Crippen LogP contribution in [0.15, 0.2) is 30.3 Å². The standard InChI is InChI=1S/C9H11NO/c10-9(7-11)6-8-4-2-1-3-5-8/h1-5,7,9H,6,10H2/t9-/m1/s1. The molecular formula is C9H11NO. The average Bonchev–Trinajstić information content (AvgIpc) is 2.06. The molecular weight excluding hydrogens is 138 g/mol. The Balaban J connectivity index is 2.57. The molecule has 1 rings (SSSR count). The van der Waals surface area contributed by atoms with Crippen molar-refractivity contribution in [2.24, 2.45) is 5.73 Å². The van der Waals surface area contributed by atoms with Crippen LogP contribution < -0.4 is 5.73 Å². The van der Waals surface area contributed by atoms with Crippen LogP contribution in [0.3, 0.4) is 0 Å². The van der Waals surface area contributed by atoms with Crippen LogP contribution in [-0.2, 0) is 11.2 Å². The van der Waals surface area contributed by atoms with Gasteiger partial charge in [-0.05, 0) is 12.0 Å². The van der Waals surface area contributed by atoms with Crippen molar-refractivity contribution in [2.75, 3.05) is 0 Å². The van der Waals surface area contributed by atoms with Gasteiger partial charge in [0, 0.05) is 0 Å². The number of carbonyl (C=O) groups excluding carboxylic acids is 1. The molecule has 11 heavy (non-hydrogen) atoms. The van der Waals surface area contributed by atoms with Crippen LogP contribution in [0.4, 0.5) is 0 Å². The zero-order chi connectivity index (χ0) is 8.10. The van der Waals surface area contributed by atoms with Gasteiger partial charge in [0.2, 0.25) is 0 Å². The van der Waals surface area contributed by atoms with Crippen LogP contribution in [0.25, 0.3) is 0 Å². The van der Waals surface area contributed by atoms with Crippen LogP contribution >= 0.6 is 0 Å². The largest absolute Gasteiger partial charge is 0.321 e. The molecule has 2 heteroatoms. The molecule has 1 aromatic carbocycles. The van der Waals surface area contributed by atoms with Crippen LogP contribution in [0.2, 0.25) is 0 Å². The number of hydrogen-bond acceptors (Lipinski definition) is 2. The van der Waals surface area contributed by atoms with Crippen molar-refractivity contribution in [1.29, 1.82) is 0 Å².